The van der Waals surface area contributed by atoms with Crippen LogP contribution in [0.15, 0.2) is 36.5 Å². The summed E-state index contributed by atoms with van der Waals surface area (Å²) in [6.45, 7) is 5.97. The molecule has 2 N–H and O–H groups in total. The molecule has 0 aliphatic rings. The van der Waals surface area contributed by atoms with E-state index in [1.807, 2.05) is 31.3 Å². The maximum absolute atomic E-state index is 11.4. The van der Waals surface area contributed by atoms with Gasteiger partial charge < -0.3 is 15.2 Å². The largest absolute Gasteiger partial charge is 0.338 e. The highest BCUT2D eigenvalue weighted by Crippen LogP contribution is 2.09. The van der Waals surface area contributed by atoms with E-state index in [-0.39, 0.29) is 6.03 Å². The number of imidazole rings is 1. The number of hydrogen-bond donors (Lipinski definition) is 2. The fourth-order valence-electron chi connectivity index (χ4n) is 2.20. The first-order valence-corrected chi connectivity index (χ1v) is 7.27. The predicted octanol–water partition coefficient (Wildman–Crippen LogP) is 2.10. The van der Waals surface area contributed by atoms with Gasteiger partial charge in [-0.3, -0.25) is 0 Å². The third-order valence-corrected chi connectivity index (χ3v) is 3.29. The summed E-state index contributed by atoms with van der Waals surface area (Å²) in [5.41, 5.74) is 2.38. The lowest BCUT2D eigenvalue weighted by Crippen LogP contribution is -2.36. The van der Waals surface area contributed by atoms with Crippen molar-refractivity contribution in [2.45, 2.75) is 26.8 Å². The summed E-state index contributed by atoms with van der Waals surface area (Å²) in [6.07, 6.45) is 2.60. The van der Waals surface area contributed by atoms with E-state index in [9.17, 15) is 4.79 Å². The number of amides is 2. The Morgan fingerprint density at radius 3 is 2.71 bits per heavy atom. The lowest BCUT2D eigenvalue weighted by Gasteiger charge is -2.11. The van der Waals surface area contributed by atoms with Crippen molar-refractivity contribution in [1.29, 1.82) is 0 Å². The molecule has 0 aliphatic carbocycles. The Hall–Kier alpha value is -2.30. The van der Waals surface area contributed by atoms with Gasteiger partial charge in [0.25, 0.3) is 0 Å². The molecule has 1 aromatic heterocycles. The van der Waals surface area contributed by atoms with E-state index in [0.29, 0.717) is 13.1 Å². The molecular formula is C16H22N4O. The zero-order valence-electron chi connectivity index (χ0n) is 12.6. The molecule has 1 aromatic carbocycles. The van der Waals surface area contributed by atoms with E-state index in [0.717, 1.165) is 24.5 Å². The molecule has 5 nitrogen and oxygen atoms in total. The molecule has 0 saturated carbocycles. The quantitative estimate of drug-likeness (QED) is 0.854. The summed E-state index contributed by atoms with van der Waals surface area (Å²) in [7, 11) is 0. The van der Waals surface area contributed by atoms with Crippen LogP contribution in [0.25, 0.3) is 0 Å². The van der Waals surface area contributed by atoms with Crippen molar-refractivity contribution < 1.29 is 4.79 Å². The van der Waals surface area contributed by atoms with Crippen LogP contribution in [-0.4, -0.2) is 28.7 Å². The van der Waals surface area contributed by atoms with Crippen molar-refractivity contribution >= 4 is 6.03 Å². The van der Waals surface area contributed by atoms with Crippen molar-refractivity contribution in [3.05, 3.63) is 53.6 Å². The van der Waals surface area contributed by atoms with Gasteiger partial charge in [0.2, 0.25) is 0 Å². The third kappa shape index (κ3) is 4.34. The second kappa shape index (κ2) is 7.47. The molecule has 0 unspecified atom stereocenters. The molecule has 21 heavy (non-hydrogen) atoms. The highest BCUT2D eigenvalue weighted by molar-refractivity contribution is 5.73. The number of hydrogen-bond acceptors (Lipinski definition) is 2. The van der Waals surface area contributed by atoms with Crippen LogP contribution >= 0.6 is 0 Å². The number of aromatic nitrogens is 2. The molecule has 2 amide bonds. The van der Waals surface area contributed by atoms with Gasteiger partial charge in [0.05, 0.1) is 0 Å². The van der Waals surface area contributed by atoms with Crippen LogP contribution in [0, 0.1) is 6.92 Å². The van der Waals surface area contributed by atoms with E-state index in [1.165, 1.54) is 5.56 Å². The fourth-order valence-corrected chi connectivity index (χ4v) is 2.20. The Labute approximate surface area is 125 Å². The minimum atomic E-state index is -0.129. The predicted molar refractivity (Wildman–Crippen MR) is 83.3 cm³/mol. The van der Waals surface area contributed by atoms with E-state index in [4.69, 9.17) is 0 Å². The van der Waals surface area contributed by atoms with Crippen molar-refractivity contribution in [3.63, 3.8) is 0 Å². The molecule has 112 valence electrons. The topological polar surface area (TPSA) is 59.0 Å². The molecule has 2 rings (SSSR count). The van der Waals surface area contributed by atoms with E-state index in [2.05, 4.69) is 39.2 Å². The molecule has 0 fully saturated rings. The van der Waals surface area contributed by atoms with Gasteiger partial charge in [-0.2, -0.15) is 0 Å². The highest BCUT2D eigenvalue weighted by atomic mass is 16.2. The average Bonchev–Trinajstić information content (AvgIpc) is 2.82. The zero-order valence-corrected chi connectivity index (χ0v) is 12.6. The van der Waals surface area contributed by atoms with Crippen molar-refractivity contribution in [2.75, 3.05) is 13.1 Å². The van der Waals surface area contributed by atoms with Crippen LogP contribution in [0.4, 0.5) is 4.79 Å². The maximum atomic E-state index is 11.4. The smallest absolute Gasteiger partial charge is 0.314 e. The summed E-state index contributed by atoms with van der Waals surface area (Å²) >= 11 is 0. The van der Waals surface area contributed by atoms with E-state index in [1.54, 1.807) is 0 Å². The first kappa shape index (κ1) is 15.1. The Kier molecular flexibility index (Phi) is 5.37. The van der Waals surface area contributed by atoms with E-state index >= 15 is 0 Å². The van der Waals surface area contributed by atoms with Crippen LogP contribution < -0.4 is 10.6 Å². The van der Waals surface area contributed by atoms with Gasteiger partial charge in [0, 0.05) is 37.9 Å². The van der Waals surface area contributed by atoms with Gasteiger partial charge in [-0.15, -0.1) is 0 Å². The monoisotopic (exact) mass is 286 g/mol. The summed E-state index contributed by atoms with van der Waals surface area (Å²) in [5, 5.41) is 5.54. The lowest BCUT2D eigenvalue weighted by molar-refractivity contribution is 0.241. The summed E-state index contributed by atoms with van der Waals surface area (Å²) in [4.78, 5) is 15.8. The minimum Gasteiger partial charge on any atom is -0.338 e. The van der Waals surface area contributed by atoms with Gasteiger partial charge in [-0.25, -0.2) is 9.78 Å². The van der Waals surface area contributed by atoms with Crippen LogP contribution in [0.1, 0.15) is 24.0 Å². The summed E-state index contributed by atoms with van der Waals surface area (Å²) in [5.74, 6) is 0.994. The number of urea groups is 1. The molecule has 0 aliphatic heterocycles. The standard InChI is InChI=1S/C16H22N4O/c1-3-17-16(21)18-10-9-15-19-11-13(2)20(15)12-14-7-5-4-6-8-14/h4-8,11H,3,9-10,12H2,1-2H3,(H2,17,18,21). The molecule has 0 spiro atoms. The number of benzene rings is 1. The number of nitrogens with one attached hydrogen (secondary N) is 2. The van der Waals surface area contributed by atoms with Crippen LogP contribution in [0.3, 0.4) is 0 Å². The van der Waals surface area contributed by atoms with Crippen molar-refractivity contribution in [1.82, 2.24) is 20.2 Å². The Balaban J connectivity index is 1.96. The Morgan fingerprint density at radius 2 is 2.00 bits per heavy atom. The molecule has 5 heteroatoms. The number of aryl methyl sites for hydroxylation is 1. The molecule has 0 bridgehead atoms. The number of carbonyl (C=O) groups is 1. The van der Waals surface area contributed by atoms with Gasteiger partial charge in [-0.1, -0.05) is 30.3 Å². The first-order valence-electron chi connectivity index (χ1n) is 7.27. The second-order valence-corrected chi connectivity index (χ2v) is 4.92. The third-order valence-electron chi connectivity index (χ3n) is 3.29. The van der Waals surface area contributed by atoms with Crippen molar-refractivity contribution in [2.24, 2.45) is 0 Å². The Bertz CT molecular complexity index is 577. The minimum absolute atomic E-state index is 0.129. The van der Waals surface area contributed by atoms with Gasteiger partial charge in [0.15, 0.2) is 0 Å². The average molecular weight is 286 g/mol. The Morgan fingerprint density at radius 1 is 1.24 bits per heavy atom. The maximum Gasteiger partial charge on any atom is 0.314 e. The molecule has 0 atom stereocenters. The second-order valence-electron chi connectivity index (χ2n) is 4.92. The van der Waals surface area contributed by atoms with Crippen LogP contribution in [0.5, 0.6) is 0 Å². The SMILES string of the molecule is CCNC(=O)NCCc1ncc(C)n1Cc1ccccc1. The molecule has 0 saturated heterocycles. The highest BCUT2D eigenvalue weighted by Gasteiger charge is 2.08. The van der Waals surface area contributed by atoms with Crippen LogP contribution in [0.2, 0.25) is 0 Å². The number of carbonyl (C=O) groups excluding carboxylic acids is 1. The van der Waals surface area contributed by atoms with E-state index < -0.39 is 0 Å². The number of nitrogens with zero attached hydrogens (tertiary/aromatic N) is 2. The molecule has 0 radical (unpaired) electrons. The summed E-state index contributed by atoms with van der Waals surface area (Å²) in [6, 6.07) is 10.2. The molecular weight excluding hydrogens is 264 g/mol. The summed E-state index contributed by atoms with van der Waals surface area (Å²) < 4.78 is 2.19. The molecule has 2 aromatic rings. The van der Waals surface area contributed by atoms with Crippen molar-refractivity contribution in [3.8, 4) is 0 Å². The molecule has 1 heterocycles. The first-order chi connectivity index (χ1) is 10.2. The van der Waals surface area contributed by atoms with Gasteiger partial charge >= 0.3 is 6.03 Å². The van der Waals surface area contributed by atoms with Gasteiger partial charge in [0.1, 0.15) is 5.82 Å². The zero-order chi connectivity index (χ0) is 15.1. The lowest BCUT2D eigenvalue weighted by atomic mass is 10.2. The van der Waals surface area contributed by atoms with Crippen LogP contribution in [-0.2, 0) is 13.0 Å². The fraction of sp³-hybridized carbons (Fsp3) is 0.375. The van der Waals surface area contributed by atoms with Gasteiger partial charge in [-0.05, 0) is 19.4 Å². The number of rotatable bonds is 6. The normalized spacial score (nSPS) is 10.4.